The van der Waals surface area contributed by atoms with Crippen LogP contribution in [0.4, 0.5) is 0 Å². The summed E-state index contributed by atoms with van der Waals surface area (Å²) < 4.78 is 0. The van der Waals surface area contributed by atoms with Gasteiger partial charge in [0.1, 0.15) is 0 Å². The molecule has 0 heterocycles. The highest BCUT2D eigenvalue weighted by Crippen LogP contribution is 2.28. The first-order valence-corrected chi connectivity index (χ1v) is 6.07. The van der Waals surface area contributed by atoms with Crippen LogP contribution in [0.5, 0.6) is 0 Å². The van der Waals surface area contributed by atoms with Gasteiger partial charge in [-0.25, -0.2) is 0 Å². The van der Waals surface area contributed by atoms with Gasteiger partial charge in [0.25, 0.3) is 0 Å². The first kappa shape index (κ1) is 11.0. The lowest BCUT2D eigenvalue weighted by molar-refractivity contribution is 1.07. The number of benzene rings is 3. The lowest BCUT2D eigenvalue weighted by Crippen LogP contribution is -1.95. The molecule has 0 aliphatic rings. The summed E-state index contributed by atoms with van der Waals surface area (Å²) in [7, 11) is 0. The second kappa shape index (κ2) is 4.63. The van der Waals surface area contributed by atoms with Crippen LogP contribution in [0, 0.1) is 6.07 Å². The van der Waals surface area contributed by atoms with Crippen LogP contribution in [0.2, 0.25) is 0 Å². The van der Waals surface area contributed by atoms with Crippen LogP contribution in [-0.2, 0) is 6.54 Å². The van der Waals surface area contributed by atoms with Crippen LogP contribution in [0.3, 0.4) is 0 Å². The number of rotatable bonds is 2. The third kappa shape index (κ3) is 1.89. The Labute approximate surface area is 107 Å². The van der Waals surface area contributed by atoms with Crippen molar-refractivity contribution >= 4 is 10.8 Å². The SMILES string of the molecule is NCc1ccc(-c2[c]ccc3ccccc23)cc1. The minimum absolute atomic E-state index is 0.583. The maximum atomic E-state index is 5.62. The molecular weight excluding hydrogens is 218 g/mol. The van der Waals surface area contributed by atoms with Crippen LogP contribution in [-0.4, -0.2) is 0 Å². The second-order valence-corrected chi connectivity index (χ2v) is 4.34. The summed E-state index contributed by atoms with van der Waals surface area (Å²) in [6.07, 6.45) is 0. The van der Waals surface area contributed by atoms with Crippen LogP contribution >= 0.6 is 0 Å². The minimum atomic E-state index is 0.583. The zero-order valence-corrected chi connectivity index (χ0v) is 10.1. The van der Waals surface area contributed by atoms with Gasteiger partial charge in [-0.1, -0.05) is 60.7 Å². The topological polar surface area (TPSA) is 26.0 Å². The highest BCUT2D eigenvalue weighted by atomic mass is 14.5. The lowest BCUT2D eigenvalue weighted by atomic mass is 9.97. The molecule has 0 saturated carbocycles. The molecule has 18 heavy (non-hydrogen) atoms. The zero-order chi connectivity index (χ0) is 12.4. The molecule has 0 bridgehead atoms. The van der Waals surface area contributed by atoms with E-state index in [1.165, 1.54) is 16.3 Å². The van der Waals surface area contributed by atoms with Gasteiger partial charge in [-0.2, -0.15) is 0 Å². The Hall–Kier alpha value is -2.12. The molecule has 1 nitrogen and oxygen atoms in total. The summed E-state index contributed by atoms with van der Waals surface area (Å²) >= 11 is 0. The molecule has 0 aromatic heterocycles. The van der Waals surface area contributed by atoms with E-state index in [2.05, 4.69) is 60.7 Å². The van der Waals surface area contributed by atoms with Crippen molar-refractivity contribution in [3.63, 3.8) is 0 Å². The molecule has 0 atom stereocenters. The molecule has 0 saturated heterocycles. The minimum Gasteiger partial charge on any atom is -0.326 e. The van der Waals surface area contributed by atoms with Crippen LogP contribution in [0.15, 0.2) is 60.7 Å². The molecule has 0 spiro atoms. The molecule has 3 rings (SSSR count). The molecule has 1 radical (unpaired) electrons. The first-order chi connectivity index (χ1) is 8.88. The molecule has 3 aromatic rings. The van der Waals surface area contributed by atoms with Crippen molar-refractivity contribution in [3.8, 4) is 11.1 Å². The van der Waals surface area contributed by atoms with Crippen LogP contribution < -0.4 is 5.73 Å². The standard InChI is InChI=1S/C17H14N/c18-12-13-8-10-15(11-9-13)17-7-3-5-14-4-1-2-6-16(14)17/h1-6,8-11H,12,18H2. The van der Waals surface area contributed by atoms with E-state index in [0.29, 0.717) is 6.54 Å². The van der Waals surface area contributed by atoms with E-state index >= 15 is 0 Å². The average Bonchev–Trinajstić information content (AvgIpc) is 2.47. The van der Waals surface area contributed by atoms with Crippen molar-refractivity contribution in [2.24, 2.45) is 5.73 Å². The third-order valence-electron chi connectivity index (χ3n) is 3.20. The van der Waals surface area contributed by atoms with Gasteiger partial charge in [0.15, 0.2) is 0 Å². The number of hydrogen-bond acceptors (Lipinski definition) is 1. The lowest BCUT2D eigenvalue weighted by Gasteiger charge is -2.07. The number of nitrogens with two attached hydrogens (primary N) is 1. The third-order valence-corrected chi connectivity index (χ3v) is 3.20. The van der Waals surface area contributed by atoms with E-state index in [9.17, 15) is 0 Å². The van der Waals surface area contributed by atoms with Crippen LogP contribution in [0.25, 0.3) is 21.9 Å². The van der Waals surface area contributed by atoms with E-state index in [0.717, 1.165) is 11.1 Å². The molecule has 0 amide bonds. The van der Waals surface area contributed by atoms with E-state index < -0.39 is 0 Å². The fourth-order valence-corrected chi connectivity index (χ4v) is 2.21. The molecule has 0 unspecified atom stereocenters. The number of hydrogen-bond donors (Lipinski definition) is 1. The Balaban J connectivity index is 2.18. The smallest absolute Gasteiger partial charge is 0.0178 e. The molecule has 0 fully saturated rings. The maximum Gasteiger partial charge on any atom is 0.0178 e. The van der Waals surface area contributed by atoms with Crippen molar-refractivity contribution in [3.05, 3.63) is 72.3 Å². The highest BCUT2D eigenvalue weighted by Gasteiger charge is 2.03. The monoisotopic (exact) mass is 232 g/mol. The van der Waals surface area contributed by atoms with E-state index in [1.54, 1.807) is 0 Å². The number of fused-ring (bicyclic) bond motifs is 1. The molecule has 0 aliphatic carbocycles. The summed E-state index contributed by atoms with van der Waals surface area (Å²) in [5, 5.41) is 2.48. The maximum absolute atomic E-state index is 5.62. The van der Waals surface area contributed by atoms with Crippen molar-refractivity contribution in [1.82, 2.24) is 0 Å². The summed E-state index contributed by atoms with van der Waals surface area (Å²) in [5.41, 5.74) is 9.11. The van der Waals surface area contributed by atoms with Crippen molar-refractivity contribution in [2.45, 2.75) is 6.54 Å². The largest absolute Gasteiger partial charge is 0.326 e. The van der Waals surface area contributed by atoms with Gasteiger partial charge in [0.2, 0.25) is 0 Å². The van der Waals surface area contributed by atoms with Crippen molar-refractivity contribution in [2.75, 3.05) is 0 Å². The summed E-state index contributed by atoms with van der Waals surface area (Å²) in [6.45, 7) is 0.583. The normalized spacial score (nSPS) is 10.7. The predicted molar refractivity (Wildman–Crippen MR) is 76.1 cm³/mol. The van der Waals surface area contributed by atoms with Crippen molar-refractivity contribution < 1.29 is 0 Å². The van der Waals surface area contributed by atoms with Crippen LogP contribution in [0.1, 0.15) is 5.56 Å². The molecule has 1 heteroatoms. The molecule has 87 valence electrons. The van der Waals surface area contributed by atoms with Gasteiger partial charge in [-0.3, -0.25) is 0 Å². The summed E-state index contributed by atoms with van der Waals surface area (Å²) in [5.74, 6) is 0. The van der Waals surface area contributed by atoms with Gasteiger partial charge in [0.05, 0.1) is 0 Å². The molecule has 3 aromatic carbocycles. The summed E-state index contributed by atoms with van der Waals surface area (Å²) in [4.78, 5) is 0. The quantitative estimate of drug-likeness (QED) is 0.715. The fourth-order valence-electron chi connectivity index (χ4n) is 2.21. The van der Waals surface area contributed by atoms with Crippen molar-refractivity contribution in [1.29, 1.82) is 0 Å². The van der Waals surface area contributed by atoms with Gasteiger partial charge >= 0.3 is 0 Å². The highest BCUT2D eigenvalue weighted by molar-refractivity contribution is 5.96. The van der Waals surface area contributed by atoms with Gasteiger partial charge < -0.3 is 5.73 Å². The van der Waals surface area contributed by atoms with E-state index in [1.807, 2.05) is 6.07 Å². The molecule has 0 aliphatic heterocycles. The zero-order valence-electron chi connectivity index (χ0n) is 10.1. The Bertz CT molecular complexity index is 663. The Morgan fingerprint density at radius 2 is 1.67 bits per heavy atom. The first-order valence-electron chi connectivity index (χ1n) is 6.07. The Morgan fingerprint density at radius 1 is 0.889 bits per heavy atom. The fraction of sp³-hybridized carbons (Fsp3) is 0.0588. The van der Waals surface area contributed by atoms with Gasteiger partial charge in [0, 0.05) is 6.54 Å². The second-order valence-electron chi connectivity index (χ2n) is 4.34. The average molecular weight is 232 g/mol. The van der Waals surface area contributed by atoms with E-state index in [4.69, 9.17) is 5.73 Å². The summed E-state index contributed by atoms with van der Waals surface area (Å²) in [6, 6.07) is 24.2. The Kier molecular flexibility index (Phi) is 2.83. The molecular formula is C17H14N. The molecule has 2 N–H and O–H groups in total. The Morgan fingerprint density at radius 3 is 2.44 bits per heavy atom. The predicted octanol–water partition coefficient (Wildman–Crippen LogP) is 3.77. The van der Waals surface area contributed by atoms with Gasteiger partial charge in [-0.15, -0.1) is 0 Å². The van der Waals surface area contributed by atoms with Gasteiger partial charge in [-0.05, 0) is 33.5 Å². The van der Waals surface area contributed by atoms with E-state index in [-0.39, 0.29) is 0 Å².